The topological polar surface area (TPSA) is 24.5 Å². The predicted molar refractivity (Wildman–Crippen MR) is 81.1 cm³/mol. The summed E-state index contributed by atoms with van der Waals surface area (Å²) in [6.07, 6.45) is 2.17. The normalized spacial score (nSPS) is 18.1. The molecule has 2 rings (SSSR count). The van der Waals surface area contributed by atoms with Gasteiger partial charge in [0, 0.05) is 36.9 Å². The Morgan fingerprint density at radius 1 is 1.30 bits per heavy atom. The standard InChI is InChI=1S/C16H25FN2O/c1-4-16(5-2)12-19(10-9-18-16)13-7-8-15(20-6-3)14(17)11-13/h7-8,11,18H,4-6,9-10,12H2,1-3H3. The third-order valence-corrected chi connectivity index (χ3v) is 4.31. The largest absolute Gasteiger partial charge is 0.491 e. The molecule has 0 bridgehead atoms. The molecule has 0 atom stereocenters. The lowest BCUT2D eigenvalue weighted by Crippen LogP contribution is -2.60. The highest BCUT2D eigenvalue weighted by molar-refractivity contribution is 5.50. The first-order valence-electron chi connectivity index (χ1n) is 7.56. The predicted octanol–water partition coefficient (Wildman–Crippen LogP) is 3.19. The number of piperazine rings is 1. The molecule has 0 amide bonds. The second kappa shape index (κ2) is 6.44. The van der Waals surface area contributed by atoms with Gasteiger partial charge in [-0.3, -0.25) is 0 Å². The summed E-state index contributed by atoms with van der Waals surface area (Å²) >= 11 is 0. The van der Waals surface area contributed by atoms with E-state index in [-0.39, 0.29) is 11.4 Å². The molecule has 0 unspecified atom stereocenters. The number of benzene rings is 1. The van der Waals surface area contributed by atoms with Crippen LogP contribution in [-0.2, 0) is 0 Å². The van der Waals surface area contributed by atoms with E-state index in [0.29, 0.717) is 12.4 Å². The van der Waals surface area contributed by atoms with Crippen molar-refractivity contribution in [1.82, 2.24) is 5.32 Å². The molecule has 0 aromatic heterocycles. The number of hydrogen-bond acceptors (Lipinski definition) is 3. The second-order valence-electron chi connectivity index (χ2n) is 5.38. The Morgan fingerprint density at radius 2 is 2.05 bits per heavy atom. The molecule has 1 aromatic carbocycles. The summed E-state index contributed by atoms with van der Waals surface area (Å²) in [6.45, 7) is 9.54. The van der Waals surface area contributed by atoms with Crippen LogP contribution < -0.4 is 15.0 Å². The minimum absolute atomic E-state index is 0.146. The van der Waals surface area contributed by atoms with Crippen LogP contribution in [-0.4, -0.2) is 31.8 Å². The molecule has 1 aliphatic rings. The molecule has 4 heteroatoms. The smallest absolute Gasteiger partial charge is 0.167 e. The van der Waals surface area contributed by atoms with Crippen LogP contribution in [0.15, 0.2) is 18.2 Å². The zero-order chi connectivity index (χ0) is 14.6. The highest BCUT2D eigenvalue weighted by atomic mass is 19.1. The van der Waals surface area contributed by atoms with Gasteiger partial charge in [0.15, 0.2) is 11.6 Å². The van der Waals surface area contributed by atoms with Crippen molar-refractivity contribution in [1.29, 1.82) is 0 Å². The molecular weight excluding hydrogens is 255 g/mol. The Hall–Kier alpha value is -1.29. The molecule has 0 aliphatic carbocycles. The van der Waals surface area contributed by atoms with Crippen LogP contribution in [0.4, 0.5) is 10.1 Å². The minimum atomic E-state index is -0.276. The quantitative estimate of drug-likeness (QED) is 0.896. The Bertz CT molecular complexity index is 446. The van der Waals surface area contributed by atoms with Crippen LogP contribution in [0.3, 0.4) is 0 Å². The lowest BCUT2D eigenvalue weighted by Gasteiger charge is -2.44. The minimum Gasteiger partial charge on any atom is -0.491 e. The van der Waals surface area contributed by atoms with Gasteiger partial charge in [0.25, 0.3) is 0 Å². The maximum atomic E-state index is 14.0. The molecular formula is C16H25FN2O. The van der Waals surface area contributed by atoms with Crippen LogP contribution >= 0.6 is 0 Å². The Kier molecular flexibility index (Phi) is 4.86. The van der Waals surface area contributed by atoms with Crippen molar-refractivity contribution in [2.24, 2.45) is 0 Å². The van der Waals surface area contributed by atoms with Gasteiger partial charge in [-0.2, -0.15) is 0 Å². The van der Waals surface area contributed by atoms with Gasteiger partial charge in [-0.25, -0.2) is 4.39 Å². The van der Waals surface area contributed by atoms with Crippen molar-refractivity contribution in [2.45, 2.75) is 39.2 Å². The average molecular weight is 280 g/mol. The fourth-order valence-electron chi connectivity index (χ4n) is 2.86. The van der Waals surface area contributed by atoms with Crippen molar-refractivity contribution < 1.29 is 9.13 Å². The first-order valence-corrected chi connectivity index (χ1v) is 7.56. The fourth-order valence-corrected chi connectivity index (χ4v) is 2.86. The molecule has 1 heterocycles. The molecule has 1 N–H and O–H groups in total. The van der Waals surface area contributed by atoms with Crippen molar-refractivity contribution in [3.63, 3.8) is 0 Å². The van der Waals surface area contributed by atoms with E-state index in [4.69, 9.17) is 4.74 Å². The Balaban J connectivity index is 2.17. The number of nitrogens with zero attached hydrogens (tertiary/aromatic N) is 1. The van der Waals surface area contributed by atoms with Gasteiger partial charge in [-0.1, -0.05) is 13.8 Å². The number of halogens is 1. The van der Waals surface area contributed by atoms with Crippen molar-refractivity contribution in [3.8, 4) is 5.75 Å². The van der Waals surface area contributed by atoms with Crippen LogP contribution in [0.2, 0.25) is 0 Å². The van der Waals surface area contributed by atoms with Gasteiger partial charge in [-0.05, 0) is 31.9 Å². The molecule has 1 saturated heterocycles. The highest BCUT2D eigenvalue weighted by Crippen LogP contribution is 2.28. The average Bonchev–Trinajstić information content (AvgIpc) is 2.49. The maximum absolute atomic E-state index is 14.0. The van der Waals surface area contributed by atoms with E-state index in [0.717, 1.165) is 38.2 Å². The van der Waals surface area contributed by atoms with Gasteiger partial charge in [-0.15, -0.1) is 0 Å². The third kappa shape index (κ3) is 3.06. The molecule has 0 radical (unpaired) electrons. The molecule has 112 valence electrons. The third-order valence-electron chi connectivity index (χ3n) is 4.31. The number of ether oxygens (including phenoxy) is 1. The molecule has 1 aliphatic heterocycles. The molecule has 0 spiro atoms. The fraction of sp³-hybridized carbons (Fsp3) is 0.625. The summed E-state index contributed by atoms with van der Waals surface area (Å²) < 4.78 is 19.2. The van der Waals surface area contributed by atoms with Crippen molar-refractivity contribution in [2.75, 3.05) is 31.1 Å². The summed E-state index contributed by atoms with van der Waals surface area (Å²) in [7, 11) is 0. The summed E-state index contributed by atoms with van der Waals surface area (Å²) in [5, 5.41) is 3.62. The van der Waals surface area contributed by atoms with Gasteiger partial charge in [0.1, 0.15) is 0 Å². The Morgan fingerprint density at radius 3 is 2.65 bits per heavy atom. The SMILES string of the molecule is CCOc1ccc(N2CCNC(CC)(CC)C2)cc1F. The van der Waals surface area contributed by atoms with E-state index in [1.807, 2.05) is 13.0 Å². The number of rotatable bonds is 5. The van der Waals surface area contributed by atoms with Crippen molar-refractivity contribution in [3.05, 3.63) is 24.0 Å². The number of nitrogens with one attached hydrogen (secondary N) is 1. The van der Waals surface area contributed by atoms with Gasteiger partial charge in [0.2, 0.25) is 0 Å². The van der Waals surface area contributed by atoms with Crippen LogP contribution in [0, 0.1) is 5.82 Å². The zero-order valence-corrected chi connectivity index (χ0v) is 12.7. The molecule has 20 heavy (non-hydrogen) atoms. The number of anilines is 1. The molecule has 3 nitrogen and oxygen atoms in total. The molecule has 0 saturated carbocycles. The highest BCUT2D eigenvalue weighted by Gasteiger charge is 2.32. The van der Waals surface area contributed by atoms with E-state index < -0.39 is 0 Å². The van der Waals surface area contributed by atoms with Crippen molar-refractivity contribution >= 4 is 5.69 Å². The lowest BCUT2D eigenvalue weighted by molar-refractivity contribution is 0.277. The molecule has 1 aromatic rings. The van der Waals surface area contributed by atoms with Gasteiger partial charge < -0.3 is 15.0 Å². The number of hydrogen-bond donors (Lipinski definition) is 1. The Labute approximate surface area is 121 Å². The molecule has 1 fully saturated rings. The monoisotopic (exact) mass is 280 g/mol. The lowest BCUT2D eigenvalue weighted by atomic mass is 9.90. The van der Waals surface area contributed by atoms with Crippen LogP contribution in [0.5, 0.6) is 5.75 Å². The van der Waals surface area contributed by atoms with Crippen LogP contribution in [0.1, 0.15) is 33.6 Å². The zero-order valence-electron chi connectivity index (χ0n) is 12.7. The summed E-state index contributed by atoms with van der Waals surface area (Å²) in [6, 6.07) is 5.28. The van der Waals surface area contributed by atoms with Crippen LogP contribution in [0.25, 0.3) is 0 Å². The van der Waals surface area contributed by atoms with E-state index in [2.05, 4.69) is 24.1 Å². The summed E-state index contributed by atoms with van der Waals surface area (Å²) in [5.41, 5.74) is 1.09. The summed E-state index contributed by atoms with van der Waals surface area (Å²) in [4.78, 5) is 2.27. The van der Waals surface area contributed by atoms with E-state index in [9.17, 15) is 4.39 Å². The van der Waals surface area contributed by atoms with Gasteiger partial charge in [0.05, 0.1) is 6.61 Å². The first-order chi connectivity index (χ1) is 9.64. The van der Waals surface area contributed by atoms with Gasteiger partial charge >= 0.3 is 0 Å². The van der Waals surface area contributed by atoms with E-state index in [1.165, 1.54) is 0 Å². The maximum Gasteiger partial charge on any atom is 0.167 e. The van der Waals surface area contributed by atoms with E-state index >= 15 is 0 Å². The summed E-state index contributed by atoms with van der Waals surface area (Å²) in [5.74, 6) is 0.0603. The van der Waals surface area contributed by atoms with E-state index in [1.54, 1.807) is 12.1 Å². The first kappa shape index (κ1) is 15.1. The second-order valence-corrected chi connectivity index (χ2v) is 5.38.